The maximum absolute atomic E-state index is 13.7. The second-order valence-corrected chi connectivity index (χ2v) is 10.8. The summed E-state index contributed by atoms with van der Waals surface area (Å²) < 4.78 is 6.07. The molecule has 0 bridgehead atoms. The standard InChI is InChI=1S/C29H33NO3/c1-18-25(28(32)33-20-12-5-4-6-13-20)26(22-15-9-11-19-10-7-8-14-21(19)22)27-23(30-18)16-29(2,3)17-24(27)31/h7-11,14-15,20,25-26H,4-6,12-13,16-17H2,1-3H3/t25?,26-/m0/s1. The molecule has 0 aromatic heterocycles. The van der Waals surface area contributed by atoms with E-state index < -0.39 is 5.92 Å². The Labute approximate surface area is 196 Å². The Morgan fingerprint density at radius 1 is 1.00 bits per heavy atom. The molecule has 172 valence electrons. The fraction of sp³-hybridized carbons (Fsp3) is 0.483. The van der Waals surface area contributed by atoms with Crippen LogP contribution in [0.25, 0.3) is 10.8 Å². The van der Waals surface area contributed by atoms with Gasteiger partial charge in [0.05, 0.1) is 0 Å². The van der Waals surface area contributed by atoms with E-state index in [0.29, 0.717) is 6.42 Å². The molecule has 0 radical (unpaired) electrons. The van der Waals surface area contributed by atoms with E-state index in [0.717, 1.165) is 65.4 Å². The molecule has 1 unspecified atom stereocenters. The lowest BCUT2D eigenvalue weighted by Gasteiger charge is -2.39. The van der Waals surface area contributed by atoms with Crippen LogP contribution in [-0.2, 0) is 14.3 Å². The lowest BCUT2D eigenvalue weighted by Crippen LogP contribution is -2.40. The minimum absolute atomic E-state index is 0.0245. The number of benzene rings is 2. The Morgan fingerprint density at radius 2 is 1.73 bits per heavy atom. The van der Waals surface area contributed by atoms with Gasteiger partial charge in [0.1, 0.15) is 12.0 Å². The van der Waals surface area contributed by atoms with Crippen LogP contribution in [0.2, 0.25) is 0 Å². The fourth-order valence-corrected chi connectivity index (χ4v) is 6.03. The topological polar surface area (TPSA) is 55.7 Å². The van der Waals surface area contributed by atoms with Crippen LogP contribution in [0, 0.1) is 11.3 Å². The second-order valence-electron chi connectivity index (χ2n) is 10.8. The monoisotopic (exact) mass is 443 g/mol. The zero-order valence-corrected chi connectivity index (χ0v) is 19.9. The van der Waals surface area contributed by atoms with Crippen molar-refractivity contribution in [2.45, 2.75) is 77.7 Å². The third kappa shape index (κ3) is 4.16. The molecule has 0 saturated heterocycles. The van der Waals surface area contributed by atoms with E-state index >= 15 is 0 Å². The summed E-state index contributed by atoms with van der Waals surface area (Å²) in [6.07, 6.45) is 6.46. The van der Waals surface area contributed by atoms with E-state index in [-0.39, 0.29) is 29.2 Å². The Bertz CT molecular complexity index is 1160. The number of ether oxygens (including phenoxy) is 1. The van der Waals surface area contributed by atoms with Gasteiger partial charge in [-0.2, -0.15) is 0 Å². The van der Waals surface area contributed by atoms with Crippen molar-refractivity contribution >= 4 is 28.2 Å². The van der Waals surface area contributed by atoms with Crippen molar-refractivity contribution in [2.75, 3.05) is 0 Å². The highest BCUT2D eigenvalue weighted by molar-refractivity contribution is 6.10. The minimum atomic E-state index is -0.568. The molecule has 4 heteroatoms. The van der Waals surface area contributed by atoms with Crippen LogP contribution in [0.1, 0.15) is 77.2 Å². The predicted octanol–water partition coefficient (Wildman–Crippen LogP) is 6.53. The number of hydrogen-bond acceptors (Lipinski definition) is 4. The average Bonchev–Trinajstić information content (AvgIpc) is 2.77. The third-order valence-electron chi connectivity index (χ3n) is 7.55. The molecule has 2 atom stereocenters. The number of ketones is 1. The lowest BCUT2D eigenvalue weighted by atomic mass is 9.66. The Kier molecular flexibility index (Phi) is 5.72. The molecule has 2 aliphatic carbocycles. The van der Waals surface area contributed by atoms with E-state index in [1.807, 2.05) is 25.1 Å². The molecule has 1 heterocycles. The molecule has 0 amide bonds. The van der Waals surface area contributed by atoms with E-state index in [2.05, 4.69) is 38.1 Å². The third-order valence-corrected chi connectivity index (χ3v) is 7.55. The molecular weight excluding hydrogens is 410 g/mol. The number of carbonyl (C=O) groups is 2. The molecule has 4 nitrogen and oxygen atoms in total. The van der Waals surface area contributed by atoms with Gasteiger partial charge in [0.2, 0.25) is 0 Å². The molecule has 1 saturated carbocycles. The number of carbonyl (C=O) groups excluding carboxylic acids is 2. The normalized spacial score (nSPS) is 25.5. The van der Waals surface area contributed by atoms with Crippen LogP contribution in [0.5, 0.6) is 0 Å². The van der Waals surface area contributed by atoms with Crippen LogP contribution in [0.3, 0.4) is 0 Å². The summed E-state index contributed by atoms with van der Waals surface area (Å²) in [7, 11) is 0. The van der Waals surface area contributed by atoms with Gasteiger partial charge in [0, 0.05) is 29.3 Å². The molecule has 2 aromatic carbocycles. The quantitative estimate of drug-likeness (QED) is 0.507. The van der Waals surface area contributed by atoms with E-state index in [1.165, 1.54) is 6.42 Å². The Hall–Kier alpha value is -2.75. The van der Waals surface area contributed by atoms with Crippen LogP contribution in [0.4, 0.5) is 0 Å². The van der Waals surface area contributed by atoms with E-state index in [1.54, 1.807) is 0 Å². The van der Waals surface area contributed by atoms with Crippen molar-refractivity contribution in [3.63, 3.8) is 0 Å². The van der Waals surface area contributed by atoms with Crippen molar-refractivity contribution in [1.82, 2.24) is 0 Å². The van der Waals surface area contributed by atoms with Gasteiger partial charge in [0.25, 0.3) is 0 Å². The summed E-state index contributed by atoms with van der Waals surface area (Å²) >= 11 is 0. The number of fused-ring (bicyclic) bond motifs is 1. The largest absolute Gasteiger partial charge is 0.462 e. The smallest absolute Gasteiger partial charge is 0.315 e. The van der Waals surface area contributed by atoms with Gasteiger partial charge in [-0.1, -0.05) is 62.7 Å². The molecule has 33 heavy (non-hydrogen) atoms. The lowest BCUT2D eigenvalue weighted by molar-refractivity contribution is -0.153. The molecule has 2 aromatic rings. The van der Waals surface area contributed by atoms with Crippen LogP contribution < -0.4 is 0 Å². The first-order chi connectivity index (χ1) is 15.8. The molecule has 1 aliphatic heterocycles. The number of esters is 1. The van der Waals surface area contributed by atoms with Gasteiger partial charge >= 0.3 is 5.97 Å². The number of rotatable bonds is 3. The zero-order valence-electron chi connectivity index (χ0n) is 19.9. The zero-order chi connectivity index (χ0) is 23.2. The maximum atomic E-state index is 13.7. The second kappa shape index (κ2) is 8.55. The van der Waals surface area contributed by atoms with Gasteiger partial charge in [-0.15, -0.1) is 0 Å². The van der Waals surface area contributed by atoms with Crippen molar-refractivity contribution in [3.8, 4) is 0 Å². The van der Waals surface area contributed by atoms with Gasteiger partial charge in [-0.3, -0.25) is 14.6 Å². The first kappa shape index (κ1) is 22.1. The summed E-state index contributed by atoms with van der Waals surface area (Å²) in [6, 6.07) is 14.4. The van der Waals surface area contributed by atoms with Gasteiger partial charge in [-0.05, 0) is 60.8 Å². The van der Waals surface area contributed by atoms with Crippen LogP contribution in [-0.4, -0.2) is 23.6 Å². The molecule has 0 spiro atoms. The molecular formula is C29H33NO3. The van der Waals surface area contributed by atoms with Crippen molar-refractivity contribution < 1.29 is 14.3 Å². The van der Waals surface area contributed by atoms with Gasteiger partial charge < -0.3 is 4.74 Å². The molecule has 1 fully saturated rings. The number of Topliss-reactive ketones (excluding diaryl/α,β-unsaturated/α-hetero) is 1. The SMILES string of the molecule is CC1=NC2=C(C(=O)CC(C)(C)C2)[C@@H](c2cccc3ccccc23)C1C(=O)OC1CCCCC1. The molecule has 3 aliphatic rings. The molecule has 5 rings (SSSR count). The summed E-state index contributed by atoms with van der Waals surface area (Å²) in [6.45, 7) is 6.17. The average molecular weight is 444 g/mol. The summed E-state index contributed by atoms with van der Waals surface area (Å²) in [5.74, 6) is -1.04. The fourth-order valence-electron chi connectivity index (χ4n) is 6.03. The van der Waals surface area contributed by atoms with Crippen LogP contribution in [0.15, 0.2) is 58.7 Å². The summed E-state index contributed by atoms with van der Waals surface area (Å²) in [4.78, 5) is 32.1. The highest BCUT2D eigenvalue weighted by atomic mass is 16.5. The number of nitrogens with zero attached hydrogens (tertiary/aromatic N) is 1. The van der Waals surface area contributed by atoms with Crippen molar-refractivity contribution in [2.24, 2.45) is 16.3 Å². The highest BCUT2D eigenvalue weighted by Gasteiger charge is 2.46. The van der Waals surface area contributed by atoms with Crippen molar-refractivity contribution in [3.05, 3.63) is 59.3 Å². The maximum Gasteiger partial charge on any atom is 0.315 e. The molecule has 0 N–H and O–H groups in total. The summed E-state index contributed by atoms with van der Waals surface area (Å²) in [5.41, 5.74) is 3.24. The Balaban J connectivity index is 1.64. The van der Waals surface area contributed by atoms with Crippen molar-refractivity contribution in [1.29, 1.82) is 0 Å². The van der Waals surface area contributed by atoms with Gasteiger partial charge in [0.15, 0.2) is 5.78 Å². The highest BCUT2D eigenvalue weighted by Crippen LogP contribution is 2.49. The van der Waals surface area contributed by atoms with Crippen LogP contribution >= 0.6 is 0 Å². The minimum Gasteiger partial charge on any atom is -0.462 e. The number of aliphatic imine (C=N–C) groups is 1. The van der Waals surface area contributed by atoms with E-state index in [9.17, 15) is 9.59 Å². The summed E-state index contributed by atoms with van der Waals surface area (Å²) in [5, 5.41) is 2.19. The Morgan fingerprint density at radius 3 is 2.52 bits per heavy atom. The number of allylic oxidation sites excluding steroid dienone is 2. The first-order valence-electron chi connectivity index (χ1n) is 12.3. The van der Waals surface area contributed by atoms with E-state index in [4.69, 9.17) is 9.73 Å². The number of hydrogen-bond donors (Lipinski definition) is 0. The van der Waals surface area contributed by atoms with Gasteiger partial charge in [-0.25, -0.2) is 0 Å². The first-order valence-corrected chi connectivity index (χ1v) is 12.3. The predicted molar refractivity (Wildman–Crippen MR) is 131 cm³/mol.